The van der Waals surface area contributed by atoms with E-state index in [0.717, 1.165) is 17.2 Å². The van der Waals surface area contributed by atoms with Crippen LogP contribution < -0.4 is 0 Å². The first-order chi connectivity index (χ1) is 8.04. The summed E-state index contributed by atoms with van der Waals surface area (Å²) < 4.78 is 12.9. The maximum Gasteiger partial charge on any atom is 0.323 e. The van der Waals surface area contributed by atoms with E-state index >= 15 is 0 Å². The second-order valence-electron chi connectivity index (χ2n) is 3.51. The Kier molecular flexibility index (Phi) is 4.56. The van der Waals surface area contributed by atoms with Crippen LogP contribution in [0.3, 0.4) is 0 Å². The number of carboxylic acids is 1. The zero-order valence-electron chi connectivity index (χ0n) is 9.39. The zero-order chi connectivity index (χ0) is 12.8. The van der Waals surface area contributed by atoms with Crippen molar-refractivity contribution < 1.29 is 19.1 Å². The average Bonchev–Trinajstić information content (AvgIpc) is 2.27. The molecule has 1 amide bonds. The Bertz CT molecular complexity index is 423. The van der Waals surface area contributed by atoms with E-state index in [4.69, 9.17) is 5.11 Å². The molecule has 5 nitrogen and oxygen atoms in total. The van der Waals surface area contributed by atoms with Gasteiger partial charge < -0.3 is 10.0 Å². The van der Waals surface area contributed by atoms with E-state index in [-0.39, 0.29) is 5.56 Å². The molecule has 1 aromatic heterocycles. The second kappa shape index (κ2) is 5.93. The van der Waals surface area contributed by atoms with Crippen molar-refractivity contribution in [1.29, 1.82) is 0 Å². The van der Waals surface area contributed by atoms with E-state index in [1.165, 1.54) is 6.20 Å². The summed E-state index contributed by atoms with van der Waals surface area (Å²) in [5.41, 5.74) is 0.0553. The number of halogens is 1. The summed E-state index contributed by atoms with van der Waals surface area (Å²) in [6, 6.07) is 1.04. The Morgan fingerprint density at radius 3 is 2.71 bits per heavy atom. The highest BCUT2D eigenvalue weighted by Gasteiger charge is 2.18. The number of nitrogens with zero attached hydrogens (tertiary/aromatic N) is 2. The molecule has 0 saturated heterocycles. The van der Waals surface area contributed by atoms with Crippen molar-refractivity contribution in [2.24, 2.45) is 0 Å². The fraction of sp³-hybridized carbons (Fsp3) is 0.364. The predicted octanol–water partition coefficient (Wildman–Crippen LogP) is 1.16. The molecule has 1 aromatic rings. The lowest BCUT2D eigenvalue weighted by molar-refractivity contribution is -0.137. The monoisotopic (exact) mass is 240 g/mol. The van der Waals surface area contributed by atoms with Crippen molar-refractivity contribution in [1.82, 2.24) is 9.88 Å². The number of carbonyl (C=O) groups is 2. The molecule has 0 aromatic carbocycles. The van der Waals surface area contributed by atoms with Crippen molar-refractivity contribution >= 4 is 11.9 Å². The first kappa shape index (κ1) is 13.1. The van der Waals surface area contributed by atoms with Crippen molar-refractivity contribution in [3.05, 3.63) is 29.8 Å². The van der Waals surface area contributed by atoms with Gasteiger partial charge in [0.25, 0.3) is 5.91 Å². The predicted molar refractivity (Wildman–Crippen MR) is 58.0 cm³/mol. The molecule has 1 N–H and O–H groups in total. The van der Waals surface area contributed by atoms with Gasteiger partial charge in [-0.15, -0.1) is 0 Å². The molecule has 17 heavy (non-hydrogen) atoms. The van der Waals surface area contributed by atoms with Crippen LogP contribution >= 0.6 is 0 Å². The quantitative estimate of drug-likeness (QED) is 0.838. The van der Waals surface area contributed by atoms with Crippen LogP contribution in [0.15, 0.2) is 18.5 Å². The highest BCUT2D eigenvalue weighted by Crippen LogP contribution is 2.06. The van der Waals surface area contributed by atoms with Gasteiger partial charge in [0, 0.05) is 12.7 Å². The third-order valence-electron chi connectivity index (χ3n) is 2.06. The minimum Gasteiger partial charge on any atom is -0.480 e. The van der Waals surface area contributed by atoms with E-state index < -0.39 is 24.2 Å². The first-order valence-corrected chi connectivity index (χ1v) is 5.16. The largest absolute Gasteiger partial charge is 0.480 e. The Morgan fingerprint density at radius 1 is 1.47 bits per heavy atom. The van der Waals surface area contributed by atoms with Gasteiger partial charge in [-0.05, 0) is 12.5 Å². The Labute approximate surface area is 97.9 Å². The molecule has 0 atom stereocenters. The molecular formula is C11H13FN2O3. The maximum atomic E-state index is 12.9. The number of carbonyl (C=O) groups excluding carboxylic acids is 1. The van der Waals surface area contributed by atoms with Gasteiger partial charge in [0.05, 0.1) is 11.8 Å². The van der Waals surface area contributed by atoms with Crippen LogP contribution in [-0.2, 0) is 4.79 Å². The molecule has 1 heterocycles. The summed E-state index contributed by atoms with van der Waals surface area (Å²) in [5, 5.41) is 8.68. The Morgan fingerprint density at radius 2 is 2.18 bits per heavy atom. The SMILES string of the molecule is CCCN(CC(=O)O)C(=O)c1cncc(F)c1. The fourth-order valence-electron chi connectivity index (χ4n) is 1.40. The first-order valence-electron chi connectivity index (χ1n) is 5.16. The fourth-order valence-corrected chi connectivity index (χ4v) is 1.40. The third kappa shape index (κ3) is 3.82. The molecule has 0 aliphatic heterocycles. The normalized spacial score (nSPS) is 10.0. The average molecular weight is 240 g/mol. The van der Waals surface area contributed by atoms with Crippen molar-refractivity contribution in [2.45, 2.75) is 13.3 Å². The lowest BCUT2D eigenvalue weighted by Crippen LogP contribution is -2.36. The van der Waals surface area contributed by atoms with Crippen LogP contribution in [-0.4, -0.2) is 40.0 Å². The van der Waals surface area contributed by atoms with Crippen molar-refractivity contribution in [3.63, 3.8) is 0 Å². The van der Waals surface area contributed by atoms with Gasteiger partial charge in [0.15, 0.2) is 0 Å². The summed E-state index contributed by atoms with van der Waals surface area (Å²) in [6.45, 7) is 1.73. The minimum absolute atomic E-state index is 0.0553. The van der Waals surface area contributed by atoms with Gasteiger partial charge in [-0.25, -0.2) is 4.39 Å². The molecule has 0 aliphatic carbocycles. The van der Waals surface area contributed by atoms with E-state index in [1.54, 1.807) is 0 Å². The maximum absolute atomic E-state index is 12.9. The van der Waals surface area contributed by atoms with E-state index in [1.807, 2.05) is 6.92 Å². The summed E-state index contributed by atoms with van der Waals surface area (Å²) in [5.74, 6) is -2.25. The van der Waals surface area contributed by atoms with Crippen LogP contribution in [0.2, 0.25) is 0 Å². The van der Waals surface area contributed by atoms with Crippen molar-refractivity contribution in [2.75, 3.05) is 13.1 Å². The number of aliphatic carboxylic acids is 1. The molecule has 92 valence electrons. The summed E-state index contributed by atoms with van der Waals surface area (Å²) in [4.78, 5) is 27.2. The molecular weight excluding hydrogens is 227 g/mol. The van der Waals surface area contributed by atoms with Gasteiger partial charge in [-0.2, -0.15) is 0 Å². The second-order valence-corrected chi connectivity index (χ2v) is 3.51. The van der Waals surface area contributed by atoms with Gasteiger partial charge in [0.1, 0.15) is 12.4 Å². The minimum atomic E-state index is -1.10. The number of hydrogen-bond acceptors (Lipinski definition) is 3. The Balaban J connectivity index is 2.87. The van der Waals surface area contributed by atoms with Gasteiger partial charge in [0.2, 0.25) is 0 Å². The van der Waals surface area contributed by atoms with E-state index in [9.17, 15) is 14.0 Å². The van der Waals surface area contributed by atoms with Gasteiger partial charge >= 0.3 is 5.97 Å². The number of rotatable bonds is 5. The lowest BCUT2D eigenvalue weighted by atomic mass is 10.2. The smallest absolute Gasteiger partial charge is 0.323 e. The van der Waals surface area contributed by atoms with Crippen molar-refractivity contribution in [3.8, 4) is 0 Å². The molecule has 0 bridgehead atoms. The molecule has 0 saturated carbocycles. The molecule has 0 fully saturated rings. The number of amides is 1. The van der Waals surface area contributed by atoms with Crippen LogP contribution in [0.1, 0.15) is 23.7 Å². The highest BCUT2D eigenvalue weighted by atomic mass is 19.1. The zero-order valence-corrected chi connectivity index (χ0v) is 9.39. The van der Waals surface area contributed by atoms with E-state index in [2.05, 4.69) is 4.98 Å². The van der Waals surface area contributed by atoms with Gasteiger partial charge in [-0.1, -0.05) is 6.92 Å². The van der Waals surface area contributed by atoms with E-state index in [0.29, 0.717) is 13.0 Å². The lowest BCUT2D eigenvalue weighted by Gasteiger charge is -2.19. The highest BCUT2D eigenvalue weighted by molar-refractivity contribution is 5.95. The summed E-state index contributed by atoms with van der Waals surface area (Å²) in [7, 11) is 0. The van der Waals surface area contributed by atoms with Gasteiger partial charge in [-0.3, -0.25) is 14.6 Å². The summed E-state index contributed by atoms with van der Waals surface area (Å²) >= 11 is 0. The molecule has 0 aliphatic rings. The van der Waals surface area contributed by atoms with Crippen LogP contribution in [0.25, 0.3) is 0 Å². The third-order valence-corrected chi connectivity index (χ3v) is 2.06. The molecule has 0 radical (unpaired) electrons. The van der Waals surface area contributed by atoms with Crippen LogP contribution in [0, 0.1) is 5.82 Å². The summed E-state index contributed by atoms with van der Waals surface area (Å²) in [6.07, 6.45) is 2.83. The molecule has 1 rings (SSSR count). The molecule has 0 unspecified atom stereocenters. The molecule has 0 spiro atoms. The number of aromatic nitrogens is 1. The number of pyridine rings is 1. The standard InChI is InChI=1S/C11H13FN2O3/c1-2-3-14(7-10(15)16)11(17)8-4-9(12)6-13-5-8/h4-6H,2-3,7H2,1H3,(H,15,16). The Hall–Kier alpha value is -1.98. The number of hydrogen-bond donors (Lipinski definition) is 1. The van der Waals surface area contributed by atoms with Crippen LogP contribution in [0.4, 0.5) is 4.39 Å². The number of carboxylic acid groups (broad SMARTS) is 1. The topological polar surface area (TPSA) is 70.5 Å². The van der Waals surface area contributed by atoms with Crippen LogP contribution in [0.5, 0.6) is 0 Å². The molecule has 6 heteroatoms.